The Balaban J connectivity index is 4.60. The molecule has 0 bridgehead atoms. The third kappa shape index (κ3) is 4.61. The summed E-state index contributed by atoms with van der Waals surface area (Å²) in [5.74, 6) is -0.910. The molecule has 4 atom stereocenters. The Labute approximate surface area is 97.9 Å². The number of carbonyl (C=O) groups excluding carboxylic acids is 2. The van der Waals surface area contributed by atoms with Gasteiger partial charge in [0.15, 0.2) is 12.4 Å². The lowest BCUT2D eigenvalue weighted by molar-refractivity contribution is -0.164. The van der Waals surface area contributed by atoms with Crippen LogP contribution in [0.25, 0.3) is 0 Å². The predicted octanol–water partition coefficient (Wildman–Crippen LogP) is -2.25. The van der Waals surface area contributed by atoms with Gasteiger partial charge in [-0.25, -0.2) is 4.79 Å². The lowest BCUT2D eigenvalue weighted by Crippen LogP contribution is -2.48. The van der Waals surface area contributed by atoms with Crippen LogP contribution >= 0.6 is 0 Å². The summed E-state index contributed by atoms with van der Waals surface area (Å²) in [5, 5.41) is 36.4. The number of carbonyl (C=O) groups is 2. The van der Waals surface area contributed by atoms with Gasteiger partial charge in [0.05, 0.1) is 6.61 Å². The van der Waals surface area contributed by atoms with E-state index >= 15 is 0 Å². The number of ether oxygens (including phenoxy) is 1. The van der Waals surface area contributed by atoms with Gasteiger partial charge in [0.2, 0.25) is 0 Å². The zero-order chi connectivity index (χ0) is 13.6. The summed E-state index contributed by atoms with van der Waals surface area (Å²) in [6.45, 7) is 3.81. The molecule has 0 saturated carbocycles. The number of esters is 1. The summed E-state index contributed by atoms with van der Waals surface area (Å²) in [6, 6.07) is 0. The molecule has 0 heterocycles. The summed E-state index contributed by atoms with van der Waals surface area (Å²) in [7, 11) is 0. The smallest absolute Gasteiger partial charge is 0.333 e. The fourth-order valence-corrected chi connectivity index (χ4v) is 0.932. The average Bonchev–Trinajstić information content (AvgIpc) is 2.32. The molecule has 0 aliphatic carbocycles. The number of hydrogen-bond donors (Lipinski definition) is 4. The number of rotatable bonds is 7. The molecule has 0 amide bonds. The maximum absolute atomic E-state index is 11.1. The molecular weight excluding hydrogens is 232 g/mol. The first-order chi connectivity index (χ1) is 7.84. The highest BCUT2D eigenvalue weighted by molar-refractivity contribution is 5.88. The molecule has 4 N–H and O–H groups in total. The van der Waals surface area contributed by atoms with E-state index in [0.29, 0.717) is 0 Å². The van der Waals surface area contributed by atoms with Crippen LogP contribution < -0.4 is 0 Å². The molecule has 0 aliphatic heterocycles. The number of hydrogen-bond acceptors (Lipinski definition) is 7. The van der Waals surface area contributed by atoms with Crippen LogP contribution in [0.5, 0.6) is 0 Å². The second-order valence-corrected chi connectivity index (χ2v) is 3.52. The first-order valence-corrected chi connectivity index (χ1v) is 4.82. The van der Waals surface area contributed by atoms with E-state index in [0.717, 1.165) is 0 Å². The average molecular weight is 248 g/mol. The van der Waals surface area contributed by atoms with Crippen molar-refractivity contribution in [2.75, 3.05) is 6.61 Å². The van der Waals surface area contributed by atoms with Gasteiger partial charge in [-0.3, -0.25) is 4.79 Å². The van der Waals surface area contributed by atoms with Crippen molar-refractivity contribution in [3.63, 3.8) is 0 Å². The van der Waals surface area contributed by atoms with Gasteiger partial charge in [-0.1, -0.05) is 6.58 Å². The molecule has 0 radical (unpaired) electrons. The molecule has 0 aromatic heterocycles. The van der Waals surface area contributed by atoms with Gasteiger partial charge in [0, 0.05) is 5.57 Å². The summed E-state index contributed by atoms with van der Waals surface area (Å²) in [4.78, 5) is 21.7. The van der Waals surface area contributed by atoms with E-state index in [4.69, 9.17) is 10.2 Å². The summed E-state index contributed by atoms with van der Waals surface area (Å²) < 4.78 is 4.53. The summed E-state index contributed by atoms with van der Waals surface area (Å²) in [5.41, 5.74) is 0.0150. The molecule has 0 aromatic rings. The molecule has 17 heavy (non-hydrogen) atoms. The number of aliphatic hydroxyl groups excluding tert-OH is 4. The topological polar surface area (TPSA) is 124 Å². The molecule has 98 valence electrons. The minimum atomic E-state index is -1.84. The van der Waals surface area contributed by atoms with E-state index in [-0.39, 0.29) is 11.9 Å². The zero-order valence-corrected chi connectivity index (χ0v) is 9.31. The Hall–Kier alpha value is -1.28. The molecule has 0 aromatic carbocycles. The normalized spacial score (nSPS) is 17.7. The van der Waals surface area contributed by atoms with E-state index in [1.54, 1.807) is 0 Å². The Morgan fingerprint density at radius 2 is 1.88 bits per heavy atom. The first-order valence-electron chi connectivity index (χ1n) is 4.82. The van der Waals surface area contributed by atoms with Gasteiger partial charge in [-0.05, 0) is 6.92 Å². The van der Waals surface area contributed by atoms with Gasteiger partial charge in [0.1, 0.15) is 18.3 Å². The third-order valence-electron chi connectivity index (χ3n) is 1.99. The standard InChI is InChI=1S/C10H16O7/c1-5(2)10(16)17-7(4-12)9(15)8(14)6(13)3-11/h4,6-9,11,13-15H,1,3H2,2H3/t6-,7-,8-,9-/m1/s1. The number of aldehydes is 1. The maximum Gasteiger partial charge on any atom is 0.333 e. The highest BCUT2D eigenvalue weighted by Crippen LogP contribution is 2.08. The fraction of sp³-hybridized carbons (Fsp3) is 0.600. The van der Waals surface area contributed by atoms with Crippen molar-refractivity contribution in [3.8, 4) is 0 Å². The van der Waals surface area contributed by atoms with Gasteiger partial charge < -0.3 is 25.2 Å². The molecule has 0 unspecified atom stereocenters. The molecule has 7 heteroatoms. The van der Waals surface area contributed by atoms with Crippen molar-refractivity contribution in [2.24, 2.45) is 0 Å². The highest BCUT2D eigenvalue weighted by atomic mass is 16.6. The van der Waals surface area contributed by atoms with E-state index in [1.165, 1.54) is 6.92 Å². The quantitative estimate of drug-likeness (QED) is 0.228. The van der Waals surface area contributed by atoms with Gasteiger partial charge in [-0.15, -0.1) is 0 Å². The van der Waals surface area contributed by atoms with Crippen molar-refractivity contribution in [1.29, 1.82) is 0 Å². The Bertz CT molecular complexity index is 288. The van der Waals surface area contributed by atoms with Gasteiger partial charge in [-0.2, -0.15) is 0 Å². The monoisotopic (exact) mass is 248 g/mol. The van der Waals surface area contributed by atoms with Crippen molar-refractivity contribution in [1.82, 2.24) is 0 Å². The second-order valence-electron chi connectivity index (χ2n) is 3.52. The zero-order valence-electron chi connectivity index (χ0n) is 9.31. The Morgan fingerprint density at radius 1 is 1.35 bits per heavy atom. The van der Waals surface area contributed by atoms with Crippen molar-refractivity contribution < 1.29 is 34.8 Å². The van der Waals surface area contributed by atoms with Crippen LogP contribution in [0, 0.1) is 0 Å². The van der Waals surface area contributed by atoms with Crippen molar-refractivity contribution >= 4 is 12.3 Å². The van der Waals surface area contributed by atoms with Crippen LogP contribution in [0.3, 0.4) is 0 Å². The maximum atomic E-state index is 11.1. The van der Waals surface area contributed by atoms with Crippen LogP contribution in [-0.2, 0) is 14.3 Å². The van der Waals surface area contributed by atoms with Crippen LogP contribution in [0.1, 0.15) is 6.92 Å². The second kappa shape index (κ2) is 7.13. The van der Waals surface area contributed by atoms with Crippen LogP contribution in [0.4, 0.5) is 0 Å². The molecule has 0 spiro atoms. The van der Waals surface area contributed by atoms with Crippen LogP contribution in [0.15, 0.2) is 12.2 Å². The number of aliphatic hydroxyl groups is 4. The van der Waals surface area contributed by atoms with E-state index < -0.39 is 37.0 Å². The van der Waals surface area contributed by atoms with Gasteiger partial charge in [0.25, 0.3) is 0 Å². The minimum absolute atomic E-state index is 0.0150. The fourth-order valence-electron chi connectivity index (χ4n) is 0.932. The first kappa shape index (κ1) is 15.7. The lowest BCUT2D eigenvalue weighted by Gasteiger charge is -2.25. The Morgan fingerprint density at radius 3 is 2.24 bits per heavy atom. The van der Waals surface area contributed by atoms with E-state index in [9.17, 15) is 19.8 Å². The minimum Gasteiger partial charge on any atom is -0.448 e. The SMILES string of the molecule is C=C(C)C(=O)O[C@H](C=O)[C@@H](O)[C@H](O)[C@H](O)CO. The lowest BCUT2D eigenvalue weighted by atomic mass is 10.0. The molecule has 0 fully saturated rings. The molecule has 0 aliphatic rings. The van der Waals surface area contributed by atoms with E-state index in [1.807, 2.05) is 0 Å². The van der Waals surface area contributed by atoms with Crippen molar-refractivity contribution in [3.05, 3.63) is 12.2 Å². The third-order valence-corrected chi connectivity index (χ3v) is 1.99. The predicted molar refractivity (Wildman–Crippen MR) is 55.9 cm³/mol. The van der Waals surface area contributed by atoms with E-state index in [2.05, 4.69) is 11.3 Å². The largest absolute Gasteiger partial charge is 0.448 e. The molecule has 0 saturated heterocycles. The summed E-state index contributed by atoms with van der Waals surface area (Å²) >= 11 is 0. The molecule has 0 rings (SSSR count). The molecular formula is C10H16O7. The van der Waals surface area contributed by atoms with Gasteiger partial charge >= 0.3 is 5.97 Å². The highest BCUT2D eigenvalue weighted by Gasteiger charge is 2.33. The van der Waals surface area contributed by atoms with Crippen LogP contribution in [-0.4, -0.2) is 63.7 Å². The summed E-state index contributed by atoms with van der Waals surface area (Å²) in [6.07, 6.45) is -6.82. The van der Waals surface area contributed by atoms with Crippen LogP contribution in [0.2, 0.25) is 0 Å². The van der Waals surface area contributed by atoms with Crippen molar-refractivity contribution in [2.45, 2.75) is 31.3 Å². The Kier molecular flexibility index (Phi) is 6.59. The molecule has 7 nitrogen and oxygen atoms in total.